The van der Waals surface area contributed by atoms with Gasteiger partial charge < -0.3 is 10.6 Å². The van der Waals surface area contributed by atoms with Gasteiger partial charge in [0.15, 0.2) is 0 Å². The van der Waals surface area contributed by atoms with Gasteiger partial charge >= 0.3 is 0 Å². The van der Waals surface area contributed by atoms with Crippen LogP contribution in [0.5, 0.6) is 0 Å². The lowest BCUT2D eigenvalue weighted by atomic mass is 10.1. The number of nitrogens with zero attached hydrogens (tertiary/aromatic N) is 2. The van der Waals surface area contributed by atoms with Crippen molar-refractivity contribution < 1.29 is 14.4 Å². The molecule has 1 aliphatic heterocycles. The zero-order chi connectivity index (χ0) is 20.4. The number of anilines is 1. The fourth-order valence-corrected chi connectivity index (χ4v) is 3.57. The number of primary amides is 1. The first-order chi connectivity index (χ1) is 14.0. The average molecular weight is 387 g/mol. The second kappa shape index (κ2) is 7.75. The lowest BCUT2D eigenvalue weighted by molar-refractivity contribution is -0.127. The van der Waals surface area contributed by atoms with E-state index in [1.54, 1.807) is 40.1 Å². The van der Waals surface area contributed by atoms with Crippen molar-refractivity contribution in [2.24, 2.45) is 5.73 Å². The van der Waals surface area contributed by atoms with Crippen molar-refractivity contribution in [1.82, 2.24) is 4.90 Å². The summed E-state index contributed by atoms with van der Waals surface area (Å²) in [5.74, 6) is -0.698. The first-order valence-corrected chi connectivity index (χ1v) is 9.51. The second-order valence-corrected chi connectivity index (χ2v) is 7.11. The molecule has 6 nitrogen and oxygen atoms in total. The van der Waals surface area contributed by atoms with Crippen LogP contribution in [0.4, 0.5) is 5.69 Å². The molecule has 0 spiro atoms. The molecular weight excluding hydrogens is 366 g/mol. The summed E-state index contributed by atoms with van der Waals surface area (Å²) in [5, 5.41) is 2.02. The number of hydrogen-bond acceptors (Lipinski definition) is 3. The van der Waals surface area contributed by atoms with Crippen molar-refractivity contribution in [3.63, 3.8) is 0 Å². The smallest absolute Gasteiger partial charge is 0.259 e. The molecule has 3 aromatic rings. The molecule has 1 heterocycles. The highest BCUT2D eigenvalue weighted by Crippen LogP contribution is 2.23. The highest BCUT2D eigenvalue weighted by Gasteiger charge is 2.26. The maximum Gasteiger partial charge on any atom is 0.259 e. The van der Waals surface area contributed by atoms with E-state index in [4.69, 9.17) is 5.73 Å². The molecule has 3 amide bonds. The van der Waals surface area contributed by atoms with Crippen molar-refractivity contribution in [2.45, 2.75) is 12.8 Å². The van der Waals surface area contributed by atoms with Gasteiger partial charge in [-0.2, -0.15) is 0 Å². The summed E-state index contributed by atoms with van der Waals surface area (Å²) in [5.41, 5.74) is 6.83. The molecular formula is C23H21N3O3. The van der Waals surface area contributed by atoms with Gasteiger partial charge in [-0.1, -0.05) is 30.3 Å². The van der Waals surface area contributed by atoms with Gasteiger partial charge in [0, 0.05) is 29.8 Å². The highest BCUT2D eigenvalue weighted by molar-refractivity contribution is 6.08. The summed E-state index contributed by atoms with van der Waals surface area (Å²) < 4.78 is 0. The van der Waals surface area contributed by atoms with E-state index in [1.807, 2.05) is 36.4 Å². The topological polar surface area (TPSA) is 83.7 Å². The third-order valence-corrected chi connectivity index (χ3v) is 5.19. The Labute approximate surface area is 168 Å². The summed E-state index contributed by atoms with van der Waals surface area (Å²) >= 11 is 0. The third-order valence-electron chi connectivity index (χ3n) is 5.19. The van der Waals surface area contributed by atoms with Gasteiger partial charge in [0.1, 0.15) is 6.67 Å². The molecule has 3 aromatic carbocycles. The predicted molar refractivity (Wildman–Crippen MR) is 112 cm³/mol. The first-order valence-electron chi connectivity index (χ1n) is 9.51. The lowest BCUT2D eigenvalue weighted by Gasteiger charge is -2.28. The van der Waals surface area contributed by atoms with Crippen LogP contribution in [0.25, 0.3) is 10.8 Å². The quantitative estimate of drug-likeness (QED) is 0.730. The Morgan fingerprint density at radius 1 is 0.931 bits per heavy atom. The standard InChI is InChI=1S/C23H21N3O3/c24-22(28)17-9-11-20(12-10-17)26(15-25-13-3-6-21(25)27)23(29)19-8-7-16-4-1-2-5-18(16)14-19/h1-2,4-5,7-12,14H,3,6,13,15H2,(H2,24,28). The van der Waals surface area contributed by atoms with E-state index < -0.39 is 5.91 Å². The molecule has 0 unspecified atom stereocenters. The molecule has 0 saturated carbocycles. The first kappa shape index (κ1) is 18.7. The van der Waals surface area contributed by atoms with Gasteiger partial charge in [0.2, 0.25) is 11.8 Å². The minimum Gasteiger partial charge on any atom is -0.366 e. The van der Waals surface area contributed by atoms with Crippen LogP contribution < -0.4 is 10.6 Å². The molecule has 146 valence electrons. The van der Waals surface area contributed by atoms with E-state index >= 15 is 0 Å². The number of hydrogen-bond donors (Lipinski definition) is 1. The van der Waals surface area contributed by atoms with Crippen LogP contribution >= 0.6 is 0 Å². The summed E-state index contributed by atoms with van der Waals surface area (Å²) in [7, 11) is 0. The molecule has 6 heteroatoms. The van der Waals surface area contributed by atoms with Gasteiger partial charge in [-0.3, -0.25) is 19.3 Å². The van der Waals surface area contributed by atoms with Crippen LogP contribution in [0, 0.1) is 0 Å². The molecule has 1 fully saturated rings. The molecule has 29 heavy (non-hydrogen) atoms. The molecule has 0 aliphatic carbocycles. The largest absolute Gasteiger partial charge is 0.366 e. The Balaban J connectivity index is 1.70. The molecule has 0 bridgehead atoms. The number of carbonyl (C=O) groups is 3. The lowest BCUT2D eigenvalue weighted by Crippen LogP contribution is -2.42. The van der Waals surface area contributed by atoms with E-state index in [0.29, 0.717) is 29.8 Å². The maximum atomic E-state index is 13.4. The summed E-state index contributed by atoms with van der Waals surface area (Å²) in [6.45, 7) is 0.792. The third kappa shape index (κ3) is 3.82. The van der Waals surface area contributed by atoms with Gasteiger partial charge in [0.25, 0.3) is 5.91 Å². The number of fused-ring (bicyclic) bond motifs is 1. The minimum absolute atomic E-state index is 0.0371. The number of likely N-dealkylation sites (tertiary alicyclic amines) is 1. The van der Waals surface area contributed by atoms with Crippen LogP contribution in [-0.4, -0.2) is 35.8 Å². The highest BCUT2D eigenvalue weighted by atomic mass is 16.2. The Hall–Kier alpha value is -3.67. The Kier molecular flexibility index (Phi) is 4.99. The van der Waals surface area contributed by atoms with Crippen LogP contribution in [-0.2, 0) is 4.79 Å². The van der Waals surface area contributed by atoms with Gasteiger partial charge in [-0.05, 0) is 53.6 Å². The maximum absolute atomic E-state index is 13.4. The number of amides is 3. The van der Waals surface area contributed by atoms with Gasteiger partial charge in [-0.25, -0.2) is 0 Å². The molecule has 4 rings (SSSR count). The zero-order valence-electron chi connectivity index (χ0n) is 15.9. The van der Waals surface area contributed by atoms with Crippen LogP contribution in [0.15, 0.2) is 66.7 Å². The van der Waals surface area contributed by atoms with Gasteiger partial charge in [-0.15, -0.1) is 0 Å². The molecule has 0 radical (unpaired) electrons. The normalized spacial score (nSPS) is 13.7. The zero-order valence-corrected chi connectivity index (χ0v) is 15.9. The van der Waals surface area contributed by atoms with Crippen molar-refractivity contribution in [2.75, 3.05) is 18.1 Å². The summed E-state index contributed by atoms with van der Waals surface area (Å²) in [4.78, 5) is 40.2. The Morgan fingerprint density at radius 2 is 1.62 bits per heavy atom. The molecule has 2 N–H and O–H groups in total. The Morgan fingerprint density at radius 3 is 2.28 bits per heavy atom. The van der Waals surface area contributed by atoms with E-state index in [1.165, 1.54) is 0 Å². The molecule has 1 aliphatic rings. The van der Waals surface area contributed by atoms with E-state index in [9.17, 15) is 14.4 Å². The number of carbonyl (C=O) groups excluding carboxylic acids is 3. The van der Waals surface area contributed by atoms with Crippen LogP contribution in [0.1, 0.15) is 33.6 Å². The van der Waals surface area contributed by atoms with Crippen molar-refractivity contribution in [3.05, 3.63) is 77.9 Å². The summed E-state index contributed by atoms with van der Waals surface area (Å²) in [6.07, 6.45) is 1.29. The van der Waals surface area contributed by atoms with Gasteiger partial charge in [0.05, 0.1) is 0 Å². The Bertz CT molecular complexity index is 1090. The van der Waals surface area contributed by atoms with E-state index in [2.05, 4.69) is 0 Å². The minimum atomic E-state index is -0.529. The average Bonchev–Trinajstić information content (AvgIpc) is 3.15. The van der Waals surface area contributed by atoms with Crippen molar-refractivity contribution >= 4 is 34.2 Å². The number of rotatable bonds is 5. The summed E-state index contributed by atoms with van der Waals surface area (Å²) in [6, 6.07) is 19.9. The molecule has 1 saturated heterocycles. The second-order valence-electron chi connectivity index (χ2n) is 7.11. The monoisotopic (exact) mass is 387 g/mol. The van der Waals surface area contributed by atoms with E-state index in [-0.39, 0.29) is 18.5 Å². The number of nitrogens with two attached hydrogens (primary N) is 1. The predicted octanol–water partition coefficient (Wildman–Crippen LogP) is 3.17. The van der Waals surface area contributed by atoms with Crippen molar-refractivity contribution in [3.8, 4) is 0 Å². The molecule has 0 aromatic heterocycles. The van der Waals surface area contributed by atoms with Crippen molar-refractivity contribution in [1.29, 1.82) is 0 Å². The fourth-order valence-electron chi connectivity index (χ4n) is 3.57. The van der Waals surface area contributed by atoms with Crippen LogP contribution in [0.2, 0.25) is 0 Å². The van der Waals surface area contributed by atoms with Crippen LogP contribution in [0.3, 0.4) is 0 Å². The number of benzene rings is 3. The SMILES string of the molecule is NC(=O)c1ccc(N(CN2CCCC2=O)C(=O)c2ccc3ccccc3c2)cc1. The van der Waals surface area contributed by atoms with E-state index in [0.717, 1.165) is 17.2 Å². The molecule has 0 atom stereocenters. The fraction of sp³-hybridized carbons (Fsp3) is 0.174.